The Labute approximate surface area is 168 Å². The third-order valence-electron chi connectivity index (χ3n) is 4.18. The van der Waals surface area contributed by atoms with E-state index in [4.69, 9.17) is 16.3 Å². The van der Waals surface area contributed by atoms with Crippen LogP contribution >= 0.6 is 22.9 Å². The summed E-state index contributed by atoms with van der Waals surface area (Å²) in [6.07, 6.45) is 0. The quantitative estimate of drug-likeness (QED) is 0.591. The van der Waals surface area contributed by atoms with E-state index in [1.54, 1.807) is 13.2 Å². The van der Waals surface area contributed by atoms with Crippen LogP contribution in [0.3, 0.4) is 0 Å². The van der Waals surface area contributed by atoms with Gasteiger partial charge in [-0.1, -0.05) is 48.0 Å². The molecule has 0 aliphatic rings. The van der Waals surface area contributed by atoms with Crippen LogP contribution in [0.5, 0.6) is 5.75 Å². The fourth-order valence-corrected chi connectivity index (χ4v) is 4.08. The fraction of sp³-hybridized carbons (Fsp3) is 0.190. The zero-order valence-corrected chi connectivity index (χ0v) is 16.8. The van der Waals surface area contributed by atoms with Gasteiger partial charge in [0.05, 0.1) is 11.4 Å². The maximum atomic E-state index is 13.1. The number of amides is 1. The molecule has 1 amide bonds. The highest BCUT2D eigenvalue weighted by molar-refractivity contribution is 7.16. The lowest BCUT2D eigenvalue weighted by Gasteiger charge is -2.27. The average molecular weight is 401 g/mol. The van der Waals surface area contributed by atoms with Crippen molar-refractivity contribution in [1.82, 2.24) is 4.90 Å². The standard InChI is InChI=1S/C21H21ClN2O2S/c1-24(14-18-11-12-19(22)27-18)20(15-7-4-3-5-8-15)21(25)23-16-9-6-10-17(13-16)26-2/h3-13,20H,14H2,1-2H3,(H,23,25). The summed E-state index contributed by atoms with van der Waals surface area (Å²) in [4.78, 5) is 16.3. The van der Waals surface area contributed by atoms with E-state index < -0.39 is 6.04 Å². The molecule has 1 unspecified atom stereocenters. The van der Waals surface area contributed by atoms with Crippen LogP contribution in [0.15, 0.2) is 66.7 Å². The van der Waals surface area contributed by atoms with Crippen LogP contribution in [0.4, 0.5) is 5.69 Å². The predicted octanol–water partition coefficient (Wildman–Crippen LogP) is 5.22. The van der Waals surface area contributed by atoms with Crippen molar-refractivity contribution in [2.75, 3.05) is 19.5 Å². The van der Waals surface area contributed by atoms with Crippen LogP contribution in [0, 0.1) is 0 Å². The lowest BCUT2D eigenvalue weighted by atomic mass is 10.0. The predicted molar refractivity (Wildman–Crippen MR) is 112 cm³/mol. The molecule has 0 saturated heterocycles. The molecule has 0 bridgehead atoms. The highest BCUT2D eigenvalue weighted by Crippen LogP contribution is 2.28. The zero-order valence-electron chi connectivity index (χ0n) is 15.2. The topological polar surface area (TPSA) is 41.6 Å². The minimum Gasteiger partial charge on any atom is -0.497 e. The number of benzene rings is 2. The van der Waals surface area contributed by atoms with Crippen molar-refractivity contribution in [3.8, 4) is 5.75 Å². The number of nitrogens with one attached hydrogen (secondary N) is 1. The number of carbonyl (C=O) groups is 1. The van der Waals surface area contributed by atoms with E-state index in [1.165, 1.54) is 11.3 Å². The van der Waals surface area contributed by atoms with Crippen molar-refractivity contribution in [2.24, 2.45) is 0 Å². The van der Waals surface area contributed by atoms with Gasteiger partial charge in [0.1, 0.15) is 11.8 Å². The van der Waals surface area contributed by atoms with Crippen molar-refractivity contribution in [3.63, 3.8) is 0 Å². The Balaban J connectivity index is 1.83. The Bertz CT molecular complexity index is 898. The van der Waals surface area contributed by atoms with Crippen molar-refractivity contribution in [3.05, 3.63) is 81.5 Å². The first-order chi connectivity index (χ1) is 13.1. The maximum Gasteiger partial charge on any atom is 0.246 e. The van der Waals surface area contributed by atoms with Gasteiger partial charge in [-0.15, -0.1) is 11.3 Å². The van der Waals surface area contributed by atoms with Gasteiger partial charge in [0, 0.05) is 23.2 Å². The van der Waals surface area contributed by atoms with E-state index in [-0.39, 0.29) is 5.91 Å². The number of ether oxygens (including phenoxy) is 1. The third kappa shape index (κ3) is 5.10. The molecule has 6 heteroatoms. The van der Waals surface area contributed by atoms with Gasteiger partial charge < -0.3 is 10.1 Å². The molecule has 0 fully saturated rings. The van der Waals surface area contributed by atoms with Gasteiger partial charge in [-0.25, -0.2) is 0 Å². The van der Waals surface area contributed by atoms with E-state index >= 15 is 0 Å². The first-order valence-corrected chi connectivity index (χ1v) is 9.70. The van der Waals surface area contributed by atoms with E-state index in [1.807, 2.05) is 72.6 Å². The second-order valence-corrected chi connectivity index (χ2v) is 7.95. The molecular formula is C21H21ClN2O2S. The number of halogens is 1. The van der Waals surface area contributed by atoms with Crippen molar-refractivity contribution in [1.29, 1.82) is 0 Å². The SMILES string of the molecule is COc1cccc(NC(=O)C(c2ccccc2)N(C)Cc2ccc(Cl)s2)c1. The first kappa shape index (κ1) is 19.4. The van der Waals surface area contributed by atoms with E-state index in [0.717, 1.165) is 14.8 Å². The Morgan fingerprint density at radius 3 is 2.59 bits per heavy atom. The molecule has 1 N–H and O–H groups in total. The molecule has 0 aliphatic heterocycles. The number of anilines is 1. The van der Waals surface area contributed by atoms with Gasteiger partial charge in [0.15, 0.2) is 0 Å². The number of rotatable bonds is 7. The number of hydrogen-bond acceptors (Lipinski definition) is 4. The molecule has 0 radical (unpaired) electrons. The minimum atomic E-state index is -0.432. The summed E-state index contributed by atoms with van der Waals surface area (Å²) in [6, 6.07) is 20.5. The highest BCUT2D eigenvalue weighted by atomic mass is 35.5. The summed E-state index contributed by atoms with van der Waals surface area (Å²) < 4.78 is 5.98. The summed E-state index contributed by atoms with van der Waals surface area (Å²) >= 11 is 7.57. The van der Waals surface area contributed by atoms with E-state index in [9.17, 15) is 4.79 Å². The van der Waals surface area contributed by atoms with Crippen molar-refractivity contribution in [2.45, 2.75) is 12.6 Å². The minimum absolute atomic E-state index is 0.0976. The Kier molecular flexibility index (Phi) is 6.50. The van der Waals surface area contributed by atoms with Gasteiger partial charge in [0.2, 0.25) is 5.91 Å². The molecule has 27 heavy (non-hydrogen) atoms. The molecule has 0 aliphatic carbocycles. The summed E-state index contributed by atoms with van der Waals surface area (Å²) in [7, 11) is 3.55. The molecule has 3 aromatic rings. The average Bonchev–Trinajstić information content (AvgIpc) is 3.07. The number of nitrogens with zero attached hydrogens (tertiary/aromatic N) is 1. The van der Waals surface area contributed by atoms with Crippen LogP contribution in [-0.4, -0.2) is 25.0 Å². The normalized spacial score (nSPS) is 12.0. The summed E-state index contributed by atoms with van der Waals surface area (Å²) in [5, 5.41) is 3.00. The summed E-state index contributed by atoms with van der Waals surface area (Å²) in [5.41, 5.74) is 1.64. The van der Waals surface area contributed by atoms with Gasteiger partial charge >= 0.3 is 0 Å². The maximum absolute atomic E-state index is 13.1. The zero-order chi connectivity index (χ0) is 19.2. The molecule has 2 aromatic carbocycles. The summed E-state index contributed by atoms with van der Waals surface area (Å²) in [5.74, 6) is 0.602. The molecule has 3 rings (SSSR count). The van der Waals surface area contributed by atoms with Gasteiger partial charge in [0.25, 0.3) is 0 Å². The van der Waals surface area contributed by atoms with Crippen LogP contribution in [0.2, 0.25) is 4.34 Å². The Morgan fingerprint density at radius 2 is 1.93 bits per heavy atom. The lowest BCUT2D eigenvalue weighted by molar-refractivity contribution is -0.121. The second kappa shape index (κ2) is 9.04. The van der Waals surface area contributed by atoms with Crippen LogP contribution in [-0.2, 0) is 11.3 Å². The van der Waals surface area contributed by atoms with Gasteiger partial charge in [-0.3, -0.25) is 9.69 Å². The van der Waals surface area contributed by atoms with Gasteiger partial charge in [-0.2, -0.15) is 0 Å². The molecule has 0 spiro atoms. The highest BCUT2D eigenvalue weighted by Gasteiger charge is 2.25. The van der Waals surface area contributed by atoms with Crippen molar-refractivity contribution >= 4 is 34.5 Å². The summed E-state index contributed by atoms with van der Waals surface area (Å²) in [6.45, 7) is 0.627. The lowest BCUT2D eigenvalue weighted by Crippen LogP contribution is -2.34. The molecule has 1 heterocycles. The number of carbonyl (C=O) groups excluding carboxylic acids is 1. The number of likely N-dealkylation sites (N-methyl/N-ethyl adjacent to an activating group) is 1. The molecule has 4 nitrogen and oxygen atoms in total. The van der Waals surface area contributed by atoms with E-state index in [0.29, 0.717) is 18.0 Å². The number of thiophene rings is 1. The third-order valence-corrected chi connectivity index (χ3v) is 5.39. The Hall–Kier alpha value is -2.34. The molecule has 1 aromatic heterocycles. The second-order valence-electron chi connectivity index (χ2n) is 6.16. The van der Waals surface area contributed by atoms with Crippen LogP contribution < -0.4 is 10.1 Å². The number of hydrogen-bond donors (Lipinski definition) is 1. The molecule has 1 atom stereocenters. The van der Waals surface area contributed by atoms with Crippen LogP contribution in [0.1, 0.15) is 16.5 Å². The fourth-order valence-electron chi connectivity index (χ4n) is 2.93. The monoisotopic (exact) mass is 400 g/mol. The molecule has 0 saturated carbocycles. The van der Waals surface area contributed by atoms with Gasteiger partial charge in [-0.05, 0) is 36.9 Å². The van der Waals surface area contributed by atoms with E-state index in [2.05, 4.69) is 5.32 Å². The van der Waals surface area contributed by atoms with Crippen molar-refractivity contribution < 1.29 is 9.53 Å². The Morgan fingerprint density at radius 1 is 1.15 bits per heavy atom. The molecule has 140 valence electrons. The molecular weight excluding hydrogens is 380 g/mol. The number of methoxy groups -OCH3 is 1. The largest absolute Gasteiger partial charge is 0.497 e. The smallest absolute Gasteiger partial charge is 0.246 e. The first-order valence-electron chi connectivity index (χ1n) is 8.51. The van der Waals surface area contributed by atoms with Crippen LogP contribution in [0.25, 0.3) is 0 Å².